The number of hydrogen-bond acceptors (Lipinski definition) is 2. The average molecular weight is 208 g/mol. The van der Waals surface area contributed by atoms with Crippen molar-refractivity contribution in [2.45, 2.75) is 39.2 Å². The van der Waals surface area contributed by atoms with Gasteiger partial charge in [0.05, 0.1) is 6.20 Å². The van der Waals surface area contributed by atoms with Crippen LogP contribution in [0.25, 0.3) is 0 Å². The summed E-state index contributed by atoms with van der Waals surface area (Å²) in [5.41, 5.74) is 2.55. The molecule has 0 saturated carbocycles. The molecule has 0 bridgehead atoms. The molecule has 0 saturated heterocycles. The summed E-state index contributed by atoms with van der Waals surface area (Å²) in [6.45, 7) is 2.93. The standard InChI is InChI=1S/C11H16N2O2/c1-2-13-10-5-8(6-11(14)15)3-4-9(10)7-12-13/h7-8H,2-6H2,1H3,(H,14,15). The predicted octanol–water partition coefficient (Wildman–Crippen LogP) is 1.48. The molecule has 0 aromatic carbocycles. The van der Waals surface area contributed by atoms with Crippen LogP contribution in [0, 0.1) is 5.92 Å². The summed E-state index contributed by atoms with van der Waals surface area (Å²) in [5.74, 6) is -0.400. The van der Waals surface area contributed by atoms with Crippen LogP contribution in [-0.4, -0.2) is 20.9 Å². The zero-order valence-electron chi connectivity index (χ0n) is 8.94. The average Bonchev–Trinajstić information content (AvgIpc) is 2.59. The highest BCUT2D eigenvalue weighted by molar-refractivity contribution is 5.67. The molecule has 0 fully saturated rings. The van der Waals surface area contributed by atoms with Crippen LogP contribution in [0.2, 0.25) is 0 Å². The van der Waals surface area contributed by atoms with E-state index in [0.29, 0.717) is 0 Å². The van der Waals surface area contributed by atoms with Gasteiger partial charge in [0.1, 0.15) is 0 Å². The van der Waals surface area contributed by atoms with Crippen molar-refractivity contribution in [1.82, 2.24) is 9.78 Å². The number of aryl methyl sites for hydroxylation is 2. The maximum absolute atomic E-state index is 10.6. The molecule has 0 aliphatic heterocycles. The Kier molecular flexibility index (Phi) is 2.75. The Labute approximate surface area is 88.9 Å². The Balaban J connectivity index is 2.13. The third-order valence-corrected chi connectivity index (χ3v) is 3.10. The second-order valence-corrected chi connectivity index (χ2v) is 4.14. The van der Waals surface area contributed by atoms with Gasteiger partial charge in [0.15, 0.2) is 0 Å². The summed E-state index contributed by atoms with van der Waals surface area (Å²) in [7, 11) is 0. The molecule has 82 valence electrons. The number of carboxylic acids is 1. The molecule has 15 heavy (non-hydrogen) atoms. The van der Waals surface area contributed by atoms with Gasteiger partial charge >= 0.3 is 5.97 Å². The van der Waals surface area contributed by atoms with Gasteiger partial charge in [-0.15, -0.1) is 0 Å². The van der Waals surface area contributed by atoms with E-state index in [2.05, 4.69) is 12.0 Å². The normalized spacial score (nSPS) is 19.9. The second kappa shape index (κ2) is 4.04. The molecule has 0 amide bonds. The topological polar surface area (TPSA) is 55.1 Å². The molecule has 1 unspecified atom stereocenters. The lowest BCUT2D eigenvalue weighted by Gasteiger charge is -2.21. The summed E-state index contributed by atoms with van der Waals surface area (Å²) in [6, 6.07) is 0. The Morgan fingerprint density at radius 2 is 2.53 bits per heavy atom. The first-order valence-electron chi connectivity index (χ1n) is 5.46. The maximum Gasteiger partial charge on any atom is 0.303 e. The minimum absolute atomic E-state index is 0.286. The molecule has 1 heterocycles. The summed E-state index contributed by atoms with van der Waals surface area (Å²) >= 11 is 0. The number of nitrogens with zero attached hydrogens (tertiary/aromatic N) is 2. The number of fused-ring (bicyclic) bond motifs is 1. The molecule has 1 aromatic rings. The van der Waals surface area contributed by atoms with Gasteiger partial charge in [-0.3, -0.25) is 9.48 Å². The van der Waals surface area contributed by atoms with Crippen molar-refractivity contribution in [3.63, 3.8) is 0 Å². The minimum atomic E-state index is -0.689. The lowest BCUT2D eigenvalue weighted by Crippen LogP contribution is -2.19. The number of carbonyl (C=O) groups is 1. The van der Waals surface area contributed by atoms with Gasteiger partial charge < -0.3 is 5.11 Å². The summed E-state index contributed by atoms with van der Waals surface area (Å²) in [6.07, 6.45) is 5.04. The minimum Gasteiger partial charge on any atom is -0.481 e. The highest BCUT2D eigenvalue weighted by atomic mass is 16.4. The van der Waals surface area contributed by atoms with Crippen molar-refractivity contribution in [2.75, 3.05) is 0 Å². The fourth-order valence-electron chi connectivity index (χ4n) is 2.32. The molecule has 2 rings (SSSR count). The molecule has 4 nitrogen and oxygen atoms in total. The Morgan fingerprint density at radius 3 is 3.20 bits per heavy atom. The van der Waals surface area contributed by atoms with Gasteiger partial charge in [-0.25, -0.2) is 0 Å². The quantitative estimate of drug-likeness (QED) is 0.818. The first-order chi connectivity index (χ1) is 7.20. The van der Waals surface area contributed by atoms with Crippen LogP contribution in [0.15, 0.2) is 6.20 Å². The van der Waals surface area contributed by atoms with Gasteiger partial charge in [0.2, 0.25) is 0 Å². The van der Waals surface area contributed by atoms with Crippen molar-refractivity contribution in [3.05, 3.63) is 17.5 Å². The number of aliphatic carboxylic acids is 1. The molecule has 1 aliphatic carbocycles. The van der Waals surface area contributed by atoms with Crippen molar-refractivity contribution in [1.29, 1.82) is 0 Å². The SMILES string of the molecule is CCn1ncc2c1CC(CC(=O)O)CC2. The predicted molar refractivity (Wildman–Crippen MR) is 55.7 cm³/mol. The van der Waals surface area contributed by atoms with E-state index in [-0.39, 0.29) is 12.3 Å². The number of rotatable bonds is 3. The van der Waals surface area contributed by atoms with Gasteiger partial charge in [-0.2, -0.15) is 5.10 Å². The fraction of sp³-hybridized carbons (Fsp3) is 0.636. The first-order valence-corrected chi connectivity index (χ1v) is 5.46. The number of hydrogen-bond donors (Lipinski definition) is 1. The highest BCUT2D eigenvalue weighted by Gasteiger charge is 2.23. The Bertz CT molecular complexity index is 357. The van der Waals surface area contributed by atoms with Crippen LogP contribution in [0.4, 0.5) is 0 Å². The van der Waals surface area contributed by atoms with Gasteiger partial charge in [-0.1, -0.05) is 0 Å². The van der Waals surface area contributed by atoms with Crippen molar-refractivity contribution in [2.24, 2.45) is 5.92 Å². The van der Waals surface area contributed by atoms with E-state index in [1.54, 1.807) is 0 Å². The highest BCUT2D eigenvalue weighted by Crippen LogP contribution is 2.27. The molecule has 0 radical (unpaired) electrons. The largest absolute Gasteiger partial charge is 0.481 e. The lowest BCUT2D eigenvalue weighted by atomic mass is 9.86. The molecule has 1 aliphatic rings. The van der Waals surface area contributed by atoms with Crippen LogP contribution in [0.5, 0.6) is 0 Å². The summed E-state index contributed by atoms with van der Waals surface area (Å²) < 4.78 is 1.99. The molecule has 1 atom stereocenters. The van der Waals surface area contributed by atoms with E-state index in [1.807, 2.05) is 10.9 Å². The van der Waals surface area contributed by atoms with Crippen LogP contribution < -0.4 is 0 Å². The van der Waals surface area contributed by atoms with Gasteiger partial charge in [0.25, 0.3) is 0 Å². The summed E-state index contributed by atoms with van der Waals surface area (Å²) in [5, 5.41) is 13.1. The van der Waals surface area contributed by atoms with Crippen LogP contribution in [0.3, 0.4) is 0 Å². The van der Waals surface area contributed by atoms with Crippen molar-refractivity contribution >= 4 is 5.97 Å². The maximum atomic E-state index is 10.6. The molecule has 1 N–H and O–H groups in total. The van der Waals surface area contributed by atoms with E-state index in [0.717, 1.165) is 25.8 Å². The van der Waals surface area contributed by atoms with Gasteiger partial charge in [-0.05, 0) is 37.7 Å². The fourth-order valence-corrected chi connectivity index (χ4v) is 2.32. The molecule has 1 aromatic heterocycles. The molecular weight excluding hydrogens is 192 g/mol. The first kappa shape index (κ1) is 10.2. The van der Waals surface area contributed by atoms with E-state index in [4.69, 9.17) is 5.11 Å². The Hall–Kier alpha value is -1.32. The molecule has 4 heteroatoms. The third kappa shape index (κ3) is 2.03. The van der Waals surface area contributed by atoms with Gasteiger partial charge in [0, 0.05) is 18.7 Å². The number of aromatic nitrogens is 2. The van der Waals surface area contributed by atoms with Crippen molar-refractivity contribution < 1.29 is 9.90 Å². The third-order valence-electron chi connectivity index (χ3n) is 3.10. The Morgan fingerprint density at radius 1 is 1.73 bits per heavy atom. The molecule has 0 spiro atoms. The lowest BCUT2D eigenvalue weighted by molar-refractivity contribution is -0.138. The van der Waals surface area contributed by atoms with E-state index in [9.17, 15) is 4.79 Å². The van der Waals surface area contributed by atoms with Crippen LogP contribution in [-0.2, 0) is 24.2 Å². The smallest absolute Gasteiger partial charge is 0.303 e. The molecular formula is C11H16N2O2. The zero-order chi connectivity index (χ0) is 10.8. The summed E-state index contributed by atoms with van der Waals surface area (Å²) in [4.78, 5) is 10.6. The van der Waals surface area contributed by atoms with Crippen LogP contribution >= 0.6 is 0 Å². The van der Waals surface area contributed by atoms with E-state index < -0.39 is 5.97 Å². The monoisotopic (exact) mass is 208 g/mol. The van der Waals surface area contributed by atoms with E-state index in [1.165, 1.54) is 11.3 Å². The van der Waals surface area contributed by atoms with Crippen LogP contribution in [0.1, 0.15) is 31.0 Å². The van der Waals surface area contributed by atoms with E-state index >= 15 is 0 Å². The zero-order valence-corrected chi connectivity index (χ0v) is 8.94. The number of carboxylic acid groups (broad SMARTS) is 1. The van der Waals surface area contributed by atoms with Crippen molar-refractivity contribution in [3.8, 4) is 0 Å². The second-order valence-electron chi connectivity index (χ2n) is 4.14.